The van der Waals surface area contributed by atoms with Gasteiger partial charge in [0, 0.05) is 30.5 Å². The summed E-state index contributed by atoms with van der Waals surface area (Å²) in [7, 11) is 0. The molecule has 2 fully saturated rings. The van der Waals surface area contributed by atoms with E-state index in [9.17, 15) is 9.59 Å². The lowest BCUT2D eigenvalue weighted by Crippen LogP contribution is -2.58. The Kier molecular flexibility index (Phi) is 5.19. The summed E-state index contributed by atoms with van der Waals surface area (Å²) in [5.41, 5.74) is 1.81. The molecule has 0 bridgehead atoms. The van der Waals surface area contributed by atoms with E-state index in [4.69, 9.17) is 0 Å². The van der Waals surface area contributed by atoms with E-state index in [1.54, 1.807) is 17.3 Å². The highest BCUT2D eigenvalue weighted by Gasteiger charge is 2.42. The highest BCUT2D eigenvalue weighted by molar-refractivity contribution is 5.95. The van der Waals surface area contributed by atoms with Gasteiger partial charge in [-0.3, -0.25) is 14.6 Å². The first-order chi connectivity index (χ1) is 13.2. The van der Waals surface area contributed by atoms with Gasteiger partial charge in [-0.25, -0.2) is 0 Å². The van der Waals surface area contributed by atoms with Crippen LogP contribution in [-0.4, -0.2) is 39.2 Å². The molecule has 5 heteroatoms. The number of nitrogens with zero attached hydrogens (tertiary/aromatic N) is 3. The molecule has 2 amide bonds. The smallest absolute Gasteiger partial charge is 0.250 e. The number of aromatic nitrogens is 1. The lowest BCUT2D eigenvalue weighted by Gasteiger charge is -2.44. The molecule has 2 aliphatic rings. The van der Waals surface area contributed by atoms with Crippen molar-refractivity contribution in [2.45, 2.75) is 50.7 Å². The van der Waals surface area contributed by atoms with Gasteiger partial charge in [-0.1, -0.05) is 55.7 Å². The highest BCUT2D eigenvalue weighted by atomic mass is 16.2. The number of benzene rings is 1. The lowest BCUT2D eigenvalue weighted by atomic mass is 9.92. The predicted octanol–water partition coefficient (Wildman–Crippen LogP) is 3.33. The van der Waals surface area contributed by atoms with Crippen LogP contribution in [0, 0.1) is 0 Å². The number of hydrogen-bond donors (Lipinski definition) is 0. The molecular weight excluding hydrogens is 338 g/mol. The average Bonchev–Trinajstić information content (AvgIpc) is 2.73. The molecule has 1 saturated heterocycles. The van der Waals surface area contributed by atoms with Gasteiger partial charge in [0.2, 0.25) is 5.91 Å². The largest absolute Gasteiger partial charge is 0.328 e. The van der Waals surface area contributed by atoms with Gasteiger partial charge in [0.1, 0.15) is 12.6 Å². The Morgan fingerprint density at radius 3 is 2.44 bits per heavy atom. The number of amides is 2. The first-order valence-corrected chi connectivity index (χ1v) is 9.78. The van der Waals surface area contributed by atoms with Crippen molar-refractivity contribution in [1.29, 1.82) is 0 Å². The summed E-state index contributed by atoms with van der Waals surface area (Å²) >= 11 is 0. The van der Waals surface area contributed by atoms with Crippen molar-refractivity contribution in [1.82, 2.24) is 14.8 Å². The SMILES string of the molecule is O=C1C(c2cccnc2)N(Cc2ccccc2)C(=O)CN1C1CCCCC1. The van der Waals surface area contributed by atoms with E-state index in [1.165, 1.54) is 6.42 Å². The van der Waals surface area contributed by atoms with Crippen LogP contribution in [0.3, 0.4) is 0 Å². The molecule has 5 nitrogen and oxygen atoms in total. The van der Waals surface area contributed by atoms with Gasteiger partial charge in [0.15, 0.2) is 0 Å². The molecule has 2 aromatic rings. The van der Waals surface area contributed by atoms with Crippen LogP contribution >= 0.6 is 0 Å². The standard InChI is InChI=1S/C22H25N3O2/c26-20-16-24(19-11-5-2-6-12-19)22(27)21(18-10-7-13-23-14-18)25(20)15-17-8-3-1-4-9-17/h1,3-4,7-10,13-14,19,21H,2,5-6,11-12,15-16H2. The van der Waals surface area contributed by atoms with Gasteiger partial charge in [0.05, 0.1) is 0 Å². The Hall–Kier alpha value is -2.69. The molecule has 140 valence electrons. The summed E-state index contributed by atoms with van der Waals surface area (Å²) < 4.78 is 0. The van der Waals surface area contributed by atoms with E-state index < -0.39 is 6.04 Å². The van der Waals surface area contributed by atoms with Crippen LogP contribution in [0.15, 0.2) is 54.9 Å². The number of carbonyl (C=O) groups excluding carboxylic acids is 2. The number of pyridine rings is 1. The fourth-order valence-electron chi connectivity index (χ4n) is 4.27. The second kappa shape index (κ2) is 7.91. The van der Waals surface area contributed by atoms with Gasteiger partial charge < -0.3 is 9.80 Å². The molecule has 1 aromatic carbocycles. The Morgan fingerprint density at radius 1 is 0.963 bits per heavy atom. The monoisotopic (exact) mass is 363 g/mol. The topological polar surface area (TPSA) is 53.5 Å². The van der Waals surface area contributed by atoms with Crippen LogP contribution in [-0.2, 0) is 16.1 Å². The summed E-state index contributed by atoms with van der Waals surface area (Å²) in [5.74, 6) is 0.0447. The molecule has 4 rings (SSSR count). The van der Waals surface area contributed by atoms with Crippen molar-refractivity contribution in [2.24, 2.45) is 0 Å². The lowest BCUT2D eigenvalue weighted by molar-refractivity contribution is -0.160. The summed E-state index contributed by atoms with van der Waals surface area (Å²) in [6.07, 6.45) is 8.88. The minimum absolute atomic E-state index is 0.0119. The van der Waals surface area contributed by atoms with Crippen molar-refractivity contribution < 1.29 is 9.59 Å². The van der Waals surface area contributed by atoms with Gasteiger partial charge in [-0.05, 0) is 24.5 Å². The van der Waals surface area contributed by atoms with Gasteiger partial charge in [-0.2, -0.15) is 0 Å². The van der Waals surface area contributed by atoms with Crippen LogP contribution < -0.4 is 0 Å². The first kappa shape index (κ1) is 17.7. The molecule has 1 aliphatic carbocycles. The first-order valence-electron chi connectivity index (χ1n) is 9.78. The fraction of sp³-hybridized carbons (Fsp3) is 0.409. The zero-order valence-corrected chi connectivity index (χ0v) is 15.5. The Bertz CT molecular complexity index is 788. The summed E-state index contributed by atoms with van der Waals surface area (Å²) in [5, 5.41) is 0. The molecular formula is C22H25N3O2. The van der Waals surface area contributed by atoms with Crippen molar-refractivity contribution in [2.75, 3.05) is 6.54 Å². The summed E-state index contributed by atoms with van der Waals surface area (Å²) in [4.78, 5) is 34.3. The van der Waals surface area contributed by atoms with Crippen molar-refractivity contribution >= 4 is 11.8 Å². The molecule has 1 aliphatic heterocycles. The average molecular weight is 363 g/mol. The maximum Gasteiger partial charge on any atom is 0.250 e. The molecule has 1 atom stereocenters. The third-order valence-corrected chi connectivity index (χ3v) is 5.67. The second-order valence-corrected chi connectivity index (χ2v) is 7.45. The minimum Gasteiger partial charge on any atom is -0.328 e. The number of piperazine rings is 1. The van der Waals surface area contributed by atoms with Gasteiger partial charge in [-0.15, -0.1) is 0 Å². The third-order valence-electron chi connectivity index (χ3n) is 5.67. The molecule has 0 radical (unpaired) electrons. The van der Waals surface area contributed by atoms with E-state index in [1.807, 2.05) is 47.4 Å². The molecule has 1 saturated carbocycles. The second-order valence-electron chi connectivity index (χ2n) is 7.45. The summed E-state index contributed by atoms with van der Waals surface area (Å²) in [6.45, 7) is 0.622. The zero-order chi connectivity index (χ0) is 18.6. The molecule has 1 aromatic heterocycles. The maximum absolute atomic E-state index is 13.5. The predicted molar refractivity (Wildman–Crippen MR) is 103 cm³/mol. The number of carbonyl (C=O) groups is 2. The molecule has 0 N–H and O–H groups in total. The quantitative estimate of drug-likeness (QED) is 0.837. The Morgan fingerprint density at radius 2 is 1.74 bits per heavy atom. The van der Waals surface area contributed by atoms with Crippen molar-refractivity contribution in [3.63, 3.8) is 0 Å². The minimum atomic E-state index is -0.595. The van der Waals surface area contributed by atoms with E-state index in [0.717, 1.165) is 36.8 Å². The van der Waals surface area contributed by atoms with Gasteiger partial charge in [0.25, 0.3) is 5.91 Å². The molecule has 2 heterocycles. The van der Waals surface area contributed by atoms with E-state index in [0.29, 0.717) is 6.54 Å². The van der Waals surface area contributed by atoms with Gasteiger partial charge >= 0.3 is 0 Å². The Balaban J connectivity index is 1.66. The molecule has 1 unspecified atom stereocenters. The van der Waals surface area contributed by atoms with Crippen LogP contribution in [0.4, 0.5) is 0 Å². The number of rotatable bonds is 4. The van der Waals surface area contributed by atoms with E-state index >= 15 is 0 Å². The van der Waals surface area contributed by atoms with Crippen LogP contribution in [0.5, 0.6) is 0 Å². The molecule has 27 heavy (non-hydrogen) atoms. The van der Waals surface area contributed by atoms with Crippen LogP contribution in [0.25, 0.3) is 0 Å². The van der Waals surface area contributed by atoms with Crippen LogP contribution in [0.2, 0.25) is 0 Å². The van der Waals surface area contributed by atoms with Crippen molar-refractivity contribution in [3.05, 3.63) is 66.0 Å². The molecule has 0 spiro atoms. The van der Waals surface area contributed by atoms with E-state index in [2.05, 4.69) is 4.98 Å². The number of hydrogen-bond acceptors (Lipinski definition) is 3. The van der Waals surface area contributed by atoms with Crippen LogP contribution in [0.1, 0.15) is 49.3 Å². The van der Waals surface area contributed by atoms with E-state index in [-0.39, 0.29) is 24.4 Å². The normalized spacial score (nSPS) is 21.6. The van der Waals surface area contributed by atoms with Crippen molar-refractivity contribution in [3.8, 4) is 0 Å². The highest BCUT2D eigenvalue weighted by Crippen LogP contribution is 2.33. The summed E-state index contributed by atoms with van der Waals surface area (Å²) in [6, 6.07) is 13.2. The Labute approximate surface area is 160 Å². The third kappa shape index (κ3) is 3.72. The maximum atomic E-state index is 13.5. The zero-order valence-electron chi connectivity index (χ0n) is 15.5. The fourth-order valence-corrected chi connectivity index (χ4v) is 4.27.